The van der Waals surface area contributed by atoms with Crippen LogP contribution >= 0.6 is 11.6 Å². The fourth-order valence-electron chi connectivity index (χ4n) is 1.39. The van der Waals surface area contributed by atoms with E-state index in [-0.39, 0.29) is 13.0 Å². The number of halogens is 1. The predicted octanol–water partition coefficient (Wildman–Crippen LogP) is 1.42. The molecular weight excluding hydrogens is 230 g/mol. The monoisotopic (exact) mass is 243 g/mol. The number of benzene rings is 1. The molecule has 0 aromatic heterocycles. The van der Waals surface area contributed by atoms with Gasteiger partial charge < -0.3 is 15.9 Å². The molecule has 0 saturated heterocycles. The van der Waals surface area contributed by atoms with Crippen LogP contribution in [-0.4, -0.2) is 22.7 Å². The van der Waals surface area contributed by atoms with Crippen molar-refractivity contribution >= 4 is 17.6 Å². The molecule has 0 radical (unpaired) electrons. The number of carboxylic acid groups (broad SMARTS) is 1. The number of carbonyl (C=O) groups is 1. The van der Waals surface area contributed by atoms with Gasteiger partial charge in [0.2, 0.25) is 0 Å². The third-order valence-corrected chi connectivity index (χ3v) is 2.65. The molecule has 0 spiro atoms. The SMILES string of the molecule is NC[C@H](C[C@H](O)c1ccc(Cl)cc1)C(=O)O. The molecule has 5 heteroatoms. The summed E-state index contributed by atoms with van der Waals surface area (Å²) in [5, 5.41) is 19.2. The second-order valence-corrected chi connectivity index (χ2v) is 4.01. The molecule has 16 heavy (non-hydrogen) atoms. The molecule has 0 saturated carbocycles. The van der Waals surface area contributed by atoms with Gasteiger partial charge >= 0.3 is 5.97 Å². The lowest BCUT2D eigenvalue weighted by atomic mass is 9.97. The zero-order chi connectivity index (χ0) is 12.1. The van der Waals surface area contributed by atoms with E-state index >= 15 is 0 Å². The van der Waals surface area contributed by atoms with E-state index in [9.17, 15) is 9.90 Å². The highest BCUT2D eigenvalue weighted by Gasteiger charge is 2.20. The molecule has 0 fully saturated rings. The number of hydrogen-bond donors (Lipinski definition) is 3. The third kappa shape index (κ3) is 3.48. The Bertz CT molecular complexity index is 353. The summed E-state index contributed by atoms with van der Waals surface area (Å²) in [5.41, 5.74) is 5.95. The van der Waals surface area contributed by atoms with Crippen molar-refractivity contribution in [2.75, 3.05) is 6.54 Å². The standard InChI is InChI=1S/C11H14ClNO3/c12-9-3-1-7(2-4-9)10(14)5-8(6-13)11(15)16/h1-4,8,10,14H,5-6,13H2,(H,15,16)/t8-,10-/m0/s1. The Morgan fingerprint density at radius 1 is 1.38 bits per heavy atom. The normalized spacial score (nSPS) is 14.4. The van der Waals surface area contributed by atoms with Crippen molar-refractivity contribution in [3.63, 3.8) is 0 Å². The fourth-order valence-corrected chi connectivity index (χ4v) is 1.51. The first kappa shape index (κ1) is 13.0. The Balaban J connectivity index is 2.67. The summed E-state index contributed by atoms with van der Waals surface area (Å²) in [6.07, 6.45) is -0.727. The van der Waals surface area contributed by atoms with E-state index in [4.69, 9.17) is 22.4 Å². The lowest BCUT2D eigenvalue weighted by Crippen LogP contribution is -2.25. The molecule has 4 nitrogen and oxygen atoms in total. The van der Waals surface area contributed by atoms with Crippen LogP contribution in [0, 0.1) is 5.92 Å². The summed E-state index contributed by atoms with van der Waals surface area (Å²) in [6.45, 7) is 0.0139. The quantitative estimate of drug-likeness (QED) is 0.730. The molecule has 0 aliphatic rings. The largest absolute Gasteiger partial charge is 0.481 e. The van der Waals surface area contributed by atoms with Crippen LogP contribution in [0.5, 0.6) is 0 Å². The number of hydrogen-bond acceptors (Lipinski definition) is 3. The number of nitrogens with two attached hydrogens (primary N) is 1. The van der Waals surface area contributed by atoms with Gasteiger partial charge in [0, 0.05) is 11.6 Å². The summed E-state index contributed by atoms with van der Waals surface area (Å²) in [7, 11) is 0. The fraction of sp³-hybridized carbons (Fsp3) is 0.364. The van der Waals surface area contributed by atoms with Crippen molar-refractivity contribution in [1.82, 2.24) is 0 Å². The molecule has 0 aliphatic carbocycles. The molecule has 0 amide bonds. The maximum Gasteiger partial charge on any atom is 0.307 e. The smallest absolute Gasteiger partial charge is 0.307 e. The van der Waals surface area contributed by atoms with Gasteiger partial charge in [0.1, 0.15) is 0 Å². The van der Waals surface area contributed by atoms with Crippen LogP contribution in [0.1, 0.15) is 18.1 Å². The van der Waals surface area contributed by atoms with Crippen LogP contribution in [0.25, 0.3) is 0 Å². The first-order chi connectivity index (χ1) is 7.54. The minimum absolute atomic E-state index is 0.0139. The van der Waals surface area contributed by atoms with Crippen molar-refractivity contribution in [1.29, 1.82) is 0 Å². The summed E-state index contributed by atoms with van der Waals surface area (Å²) < 4.78 is 0. The summed E-state index contributed by atoms with van der Waals surface area (Å²) >= 11 is 5.70. The molecule has 2 atom stereocenters. The maximum absolute atomic E-state index is 10.7. The van der Waals surface area contributed by atoms with E-state index in [2.05, 4.69) is 0 Å². The van der Waals surface area contributed by atoms with Crippen LogP contribution in [0.15, 0.2) is 24.3 Å². The summed E-state index contributed by atoms with van der Waals surface area (Å²) in [4.78, 5) is 10.7. The van der Waals surface area contributed by atoms with Gasteiger partial charge in [-0.25, -0.2) is 0 Å². The zero-order valence-corrected chi connectivity index (χ0v) is 9.39. The molecule has 1 rings (SSSR count). The van der Waals surface area contributed by atoms with Gasteiger partial charge in [-0.1, -0.05) is 23.7 Å². The minimum Gasteiger partial charge on any atom is -0.481 e. The Morgan fingerprint density at radius 2 is 1.94 bits per heavy atom. The number of aliphatic hydroxyl groups is 1. The Labute approximate surface area is 98.6 Å². The Hall–Kier alpha value is -1.10. The van der Waals surface area contributed by atoms with Crippen molar-refractivity contribution < 1.29 is 15.0 Å². The van der Waals surface area contributed by atoms with Crippen LogP contribution in [0.4, 0.5) is 0 Å². The summed E-state index contributed by atoms with van der Waals surface area (Å²) in [5.74, 6) is -1.72. The molecule has 88 valence electrons. The number of aliphatic hydroxyl groups excluding tert-OH is 1. The molecule has 0 unspecified atom stereocenters. The molecule has 1 aromatic carbocycles. The van der Waals surface area contributed by atoms with E-state index in [1.54, 1.807) is 24.3 Å². The maximum atomic E-state index is 10.7. The van der Waals surface area contributed by atoms with Gasteiger partial charge in [-0.05, 0) is 24.1 Å². The minimum atomic E-state index is -0.990. The third-order valence-electron chi connectivity index (χ3n) is 2.40. The van der Waals surface area contributed by atoms with Gasteiger partial charge in [0.05, 0.1) is 12.0 Å². The first-order valence-corrected chi connectivity index (χ1v) is 5.28. The highest BCUT2D eigenvalue weighted by atomic mass is 35.5. The van der Waals surface area contributed by atoms with Crippen LogP contribution in [0.3, 0.4) is 0 Å². The average molecular weight is 244 g/mol. The van der Waals surface area contributed by atoms with E-state index in [0.717, 1.165) is 0 Å². The molecule has 0 aliphatic heterocycles. The van der Waals surface area contributed by atoms with E-state index in [1.807, 2.05) is 0 Å². The van der Waals surface area contributed by atoms with Gasteiger partial charge in [0.15, 0.2) is 0 Å². The lowest BCUT2D eigenvalue weighted by molar-refractivity contribution is -0.142. The van der Waals surface area contributed by atoms with Gasteiger partial charge in [0.25, 0.3) is 0 Å². The van der Waals surface area contributed by atoms with E-state index in [1.165, 1.54) is 0 Å². The number of aliphatic carboxylic acids is 1. The summed E-state index contributed by atoms with van der Waals surface area (Å²) in [6, 6.07) is 6.64. The molecular formula is C11H14ClNO3. The van der Waals surface area contributed by atoms with Crippen LogP contribution in [-0.2, 0) is 4.79 Å². The van der Waals surface area contributed by atoms with Gasteiger partial charge in [-0.2, -0.15) is 0 Å². The molecule has 0 bridgehead atoms. The topological polar surface area (TPSA) is 83.5 Å². The van der Waals surface area contributed by atoms with Crippen molar-refractivity contribution in [2.24, 2.45) is 11.7 Å². The van der Waals surface area contributed by atoms with Gasteiger partial charge in [-0.15, -0.1) is 0 Å². The Morgan fingerprint density at radius 3 is 2.38 bits per heavy atom. The van der Waals surface area contributed by atoms with E-state index in [0.29, 0.717) is 10.6 Å². The van der Waals surface area contributed by atoms with E-state index < -0.39 is 18.0 Å². The second kappa shape index (κ2) is 5.84. The van der Waals surface area contributed by atoms with Crippen molar-refractivity contribution in [3.8, 4) is 0 Å². The van der Waals surface area contributed by atoms with Crippen LogP contribution in [0.2, 0.25) is 5.02 Å². The number of rotatable bonds is 5. The average Bonchev–Trinajstić information content (AvgIpc) is 2.26. The Kier molecular flexibility index (Phi) is 4.73. The van der Waals surface area contributed by atoms with Gasteiger partial charge in [-0.3, -0.25) is 4.79 Å². The molecule has 1 aromatic rings. The zero-order valence-electron chi connectivity index (χ0n) is 8.64. The van der Waals surface area contributed by atoms with Crippen LogP contribution < -0.4 is 5.73 Å². The molecule has 0 heterocycles. The predicted molar refractivity (Wildman–Crippen MR) is 61.2 cm³/mol. The first-order valence-electron chi connectivity index (χ1n) is 4.91. The highest BCUT2D eigenvalue weighted by molar-refractivity contribution is 6.30. The second-order valence-electron chi connectivity index (χ2n) is 3.57. The lowest BCUT2D eigenvalue weighted by Gasteiger charge is -2.15. The highest BCUT2D eigenvalue weighted by Crippen LogP contribution is 2.22. The number of carboxylic acids is 1. The van der Waals surface area contributed by atoms with Crippen molar-refractivity contribution in [2.45, 2.75) is 12.5 Å². The van der Waals surface area contributed by atoms with Crippen molar-refractivity contribution in [3.05, 3.63) is 34.9 Å². The molecule has 4 N–H and O–H groups in total.